The van der Waals surface area contributed by atoms with E-state index in [1.54, 1.807) is 0 Å². The number of aryl methyl sites for hydroxylation is 2. The molecule has 0 amide bonds. The van der Waals surface area contributed by atoms with E-state index in [1.165, 1.54) is 29.5 Å². The lowest BCUT2D eigenvalue weighted by Gasteiger charge is -2.23. The molecule has 0 spiro atoms. The van der Waals surface area contributed by atoms with Gasteiger partial charge in [-0.25, -0.2) is 0 Å². The quantitative estimate of drug-likeness (QED) is 0.813. The van der Waals surface area contributed by atoms with Crippen molar-refractivity contribution < 1.29 is 0 Å². The first-order valence-electron chi connectivity index (χ1n) is 6.41. The van der Waals surface area contributed by atoms with Gasteiger partial charge in [-0.15, -0.1) is 0 Å². The van der Waals surface area contributed by atoms with Crippen molar-refractivity contribution in [1.82, 2.24) is 5.32 Å². The first-order valence-corrected chi connectivity index (χ1v) is 6.41. The molecule has 0 heterocycles. The van der Waals surface area contributed by atoms with Crippen molar-refractivity contribution in [2.45, 2.75) is 58.5 Å². The molecule has 1 aromatic carbocycles. The molecular formula is C15H23N. The predicted molar refractivity (Wildman–Crippen MR) is 70.0 cm³/mol. The normalized spacial score (nSPS) is 19.5. The third kappa shape index (κ3) is 2.65. The van der Waals surface area contributed by atoms with Gasteiger partial charge in [-0.2, -0.15) is 0 Å². The summed E-state index contributed by atoms with van der Waals surface area (Å²) in [5.41, 5.74) is 4.29. The van der Waals surface area contributed by atoms with Crippen LogP contribution in [0.4, 0.5) is 0 Å². The molecule has 2 atom stereocenters. The molecule has 1 N–H and O–H groups in total. The predicted octanol–water partition coefficient (Wildman–Crippen LogP) is 3.55. The SMILES string of the molecule is Cc1ccc(C)c(C(C)C(C)NC2CC2)c1. The van der Waals surface area contributed by atoms with E-state index in [2.05, 4.69) is 51.2 Å². The first-order chi connectivity index (χ1) is 7.58. The number of hydrogen-bond donors (Lipinski definition) is 1. The summed E-state index contributed by atoms with van der Waals surface area (Å²) in [6.07, 6.45) is 2.73. The maximum atomic E-state index is 3.70. The molecule has 1 aliphatic rings. The van der Waals surface area contributed by atoms with Gasteiger partial charge in [0.25, 0.3) is 0 Å². The van der Waals surface area contributed by atoms with Gasteiger partial charge in [0.2, 0.25) is 0 Å². The van der Waals surface area contributed by atoms with Crippen LogP contribution in [0.3, 0.4) is 0 Å². The van der Waals surface area contributed by atoms with Gasteiger partial charge >= 0.3 is 0 Å². The Morgan fingerprint density at radius 1 is 1.19 bits per heavy atom. The molecule has 1 aliphatic carbocycles. The van der Waals surface area contributed by atoms with Crippen molar-refractivity contribution in [2.75, 3.05) is 0 Å². The van der Waals surface area contributed by atoms with E-state index in [-0.39, 0.29) is 0 Å². The second-order valence-corrected chi connectivity index (χ2v) is 5.38. The molecule has 1 saturated carbocycles. The largest absolute Gasteiger partial charge is 0.311 e. The van der Waals surface area contributed by atoms with Crippen LogP contribution in [0.25, 0.3) is 0 Å². The summed E-state index contributed by atoms with van der Waals surface area (Å²) < 4.78 is 0. The minimum atomic E-state index is 0.577. The van der Waals surface area contributed by atoms with E-state index in [0.29, 0.717) is 12.0 Å². The van der Waals surface area contributed by atoms with Crippen molar-refractivity contribution in [2.24, 2.45) is 0 Å². The van der Waals surface area contributed by atoms with Gasteiger partial charge in [0.1, 0.15) is 0 Å². The van der Waals surface area contributed by atoms with Crippen LogP contribution in [0.5, 0.6) is 0 Å². The highest BCUT2D eigenvalue weighted by Gasteiger charge is 2.25. The molecule has 1 nitrogen and oxygen atoms in total. The van der Waals surface area contributed by atoms with Gasteiger partial charge in [-0.3, -0.25) is 0 Å². The number of nitrogens with one attached hydrogen (secondary N) is 1. The van der Waals surface area contributed by atoms with Crippen LogP contribution in [-0.4, -0.2) is 12.1 Å². The van der Waals surface area contributed by atoms with Crippen molar-refractivity contribution in [1.29, 1.82) is 0 Å². The summed E-state index contributed by atoms with van der Waals surface area (Å²) in [6.45, 7) is 9.04. The smallest absolute Gasteiger partial charge is 0.0107 e. The Hall–Kier alpha value is -0.820. The second-order valence-electron chi connectivity index (χ2n) is 5.38. The summed E-state index contributed by atoms with van der Waals surface area (Å²) >= 11 is 0. The molecule has 0 radical (unpaired) electrons. The van der Waals surface area contributed by atoms with Crippen LogP contribution in [0.2, 0.25) is 0 Å². The Balaban J connectivity index is 2.11. The average Bonchev–Trinajstić information content (AvgIpc) is 3.04. The zero-order valence-electron chi connectivity index (χ0n) is 10.9. The Morgan fingerprint density at radius 2 is 1.88 bits per heavy atom. The molecule has 0 aliphatic heterocycles. The van der Waals surface area contributed by atoms with E-state index in [9.17, 15) is 0 Å². The van der Waals surface area contributed by atoms with Gasteiger partial charge < -0.3 is 5.32 Å². The fraction of sp³-hybridized carbons (Fsp3) is 0.600. The first kappa shape index (κ1) is 11.7. The highest BCUT2D eigenvalue weighted by molar-refractivity contribution is 5.33. The van der Waals surface area contributed by atoms with E-state index in [0.717, 1.165) is 6.04 Å². The average molecular weight is 217 g/mol. The second kappa shape index (κ2) is 4.58. The molecule has 88 valence electrons. The standard InChI is InChI=1S/C15H23N/c1-10-5-6-11(2)15(9-10)12(3)13(4)16-14-7-8-14/h5-6,9,12-14,16H,7-8H2,1-4H3. The van der Waals surface area contributed by atoms with Crippen LogP contribution in [0, 0.1) is 13.8 Å². The van der Waals surface area contributed by atoms with Crippen molar-refractivity contribution in [3.05, 3.63) is 34.9 Å². The molecule has 0 saturated heterocycles. The van der Waals surface area contributed by atoms with Gasteiger partial charge in [0.15, 0.2) is 0 Å². The third-order valence-corrected chi connectivity index (χ3v) is 3.75. The number of hydrogen-bond acceptors (Lipinski definition) is 1. The van der Waals surface area contributed by atoms with Crippen molar-refractivity contribution >= 4 is 0 Å². The van der Waals surface area contributed by atoms with E-state index >= 15 is 0 Å². The highest BCUT2D eigenvalue weighted by Crippen LogP contribution is 2.27. The minimum absolute atomic E-state index is 0.577. The molecule has 0 bridgehead atoms. The third-order valence-electron chi connectivity index (χ3n) is 3.75. The number of rotatable bonds is 4. The molecule has 0 aromatic heterocycles. The molecule has 2 rings (SSSR count). The topological polar surface area (TPSA) is 12.0 Å². The van der Waals surface area contributed by atoms with Crippen LogP contribution in [-0.2, 0) is 0 Å². The van der Waals surface area contributed by atoms with Crippen LogP contribution in [0.15, 0.2) is 18.2 Å². The lowest BCUT2D eigenvalue weighted by atomic mass is 9.90. The molecule has 2 unspecified atom stereocenters. The fourth-order valence-corrected chi connectivity index (χ4v) is 2.29. The summed E-state index contributed by atoms with van der Waals surface area (Å²) in [5.74, 6) is 0.598. The zero-order chi connectivity index (χ0) is 11.7. The molecule has 1 aromatic rings. The highest BCUT2D eigenvalue weighted by atomic mass is 15.0. The number of benzene rings is 1. The molecule has 1 fully saturated rings. The Kier molecular flexibility index (Phi) is 3.34. The summed E-state index contributed by atoms with van der Waals surface area (Å²) in [5, 5.41) is 3.70. The fourth-order valence-electron chi connectivity index (χ4n) is 2.29. The van der Waals surface area contributed by atoms with Crippen LogP contribution < -0.4 is 5.32 Å². The maximum absolute atomic E-state index is 3.70. The summed E-state index contributed by atoms with van der Waals surface area (Å²) in [4.78, 5) is 0. The lowest BCUT2D eigenvalue weighted by molar-refractivity contribution is 0.477. The Morgan fingerprint density at radius 3 is 2.50 bits per heavy atom. The Bertz CT molecular complexity index is 366. The van der Waals surface area contributed by atoms with E-state index in [1.807, 2.05) is 0 Å². The maximum Gasteiger partial charge on any atom is 0.0107 e. The summed E-state index contributed by atoms with van der Waals surface area (Å²) in [6, 6.07) is 8.15. The van der Waals surface area contributed by atoms with Crippen LogP contribution >= 0.6 is 0 Å². The Labute approximate surface area is 99.3 Å². The van der Waals surface area contributed by atoms with E-state index < -0.39 is 0 Å². The van der Waals surface area contributed by atoms with Crippen molar-refractivity contribution in [3.63, 3.8) is 0 Å². The van der Waals surface area contributed by atoms with Gasteiger partial charge in [-0.1, -0.05) is 30.7 Å². The summed E-state index contributed by atoms with van der Waals surface area (Å²) in [7, 11) is 0. The van der Waals surface area contributed by atoms with Crippen LogP contribution in [0.1, 0.15) is 49.3 Å². The zero-order valence-corrected chi connectivity index (χ0v) is 10.9. The van der Waals surface area contributed by atoms with Crippen molar-refractivity contribution in [3.8, 4) is 0 Å². The van der Waals surface area contributed by atoms with Gasteiger partial charge in [0, 0.05) is 12.1 Å². The minimum Gasteiger partial charge on any atom is -0.311 e. The molecule has 1 heteroatoms. The van der Waals surface area contributed by atoms with E-state index in [4.69, 9.17) is 0 Å². The van der Waals surface area contributed by atoms with Gasteiger partial charge in [-0.05, 0) is 50.7 Å². The lowest BCUT2D eigenvalue weighted by Crippen LogP contribution is -2.32. The molecular weight excluding hydrogens is 194 g/mol. The van der Waals surface area contributed by atoms with Gasteiger partial charge in [0.05, 0.1) is 0 Å². The monoisotopic (exact) mass is 217 g/mol. The molecule has 16 heavy (non-hydrogen) atoms.